The molecule has 1 fully saturated rings. The number of rotatable bonds is 3. The largest absolute Gasteiger partial charge is 0.371 e. The minimum absolute atomic E-state index is 0.155. The number of halogens is 1. The minimum atomic E-state index is -0.661. The van der Waals surface area contributed by atoms with Crippen LogP contribution in [0.5, 0.6) is 0 Å². The second-order valence-corrected chi connectivity index (χ2v) is 5.74. The SMILES string of the molecule is CC1CNCCC1(Nc1cccc(Br)c1)C(N)=O. The van der Waals surface area contributed by atoms with E-state index < -0.39 is 5.54 Å². The second kappa shape index (κ2) is 5.28. The maximum atomic E-state index is 11.9. The quantitative estimate of drug-likeness (QED) is 0.796. The lowest BCUT2D eigenvalue weighted by Crippen LogP contribution is -2.61. The minimum Gasteiger partial charge on any atom is -0.371 e. The van der Waals surface area contributed by atoms with Crippen LogP contribution < -0.4 is 16.4 Å². The first-order chi connectivity index (χ1) is 8.54. The third-order valence-corrected chi connectivity index (χ3v) is 4.11. The second-order valence-electron chi connectivity index (χ2n) is 4.83. The fourth-order valence-electron chi connectivity index (χ4n) is 2.46. The van der Waals surface area contributed by atoms with Gasteiger partial charge in [0.15, 0.2) is 0 Å². The smallest absolute Gasteiger partial charge is 0.243 e. The zero-order valence-electron chi connectivity index (χ0n) is 10.4. The Morgan fingerprint density at radius 3 is 3.00 bits per heavy atom. The maximum absolute atomic E-state index is 11.9. The molecule has 0 radical (unpaired) electrons. The average Bonchev–Trinajstić information content (AvgIpc) is 2.32. The van der Waals surface area contributed by atoms with Gasteiger partial charge in [-0.05, 0) is 31.2 Å². The van der Waals surface area contributed by atoms with E-state index in [2.05, 4.69) is 26.6 Å². The molecule has 4 nitrogen and oxygen atoms in total. The number of piperidine rings is 1. The first-order valence-electron chi connectivity index (χ1n) is 6.09. The molecule has 0 bridgehead atoms. The molecule has 98 valence electrons. The number of nitrogens with two attached hydrogens (primary N) is 1. The Morgan fingerprint density at radius 2 is 2.39 bits per heavy atom. The highest BCUT2D eigenvalue weighted by Gasteiger charge is 2.43. The van der Waals surface area contributed by atoms with Gasteiger partial charge in [-0.25, -0.2) is 0 Å². The van der Waals surface area contributed by atoms with Crippen molar-refractivity contribution in [3.63, 3.8) is 0 Å². The number of nitrogens with one attached hydrogen (secondary N) is 2. The molecule has 2 atom stereocenters. The summed E-state index contributed by atoms with van der Waals surface area (Å²) in [5.41, 5.74) is 5.89. The maximum Gasteiger partial charge on any atom is 0.243 e. The summed E-state index contributed by atoms with van der Waals surface area (Å²) in [4.78, 5) is 11.9. The van der Waals surface area contributed by atoms with Crippen LogP contribution in [-0.4, -0.2) is 24.5 Å². The highest BCUT2D eigenvalue weighted by Crippen LogP contribution is 2.29. The van der Waals surface area contributed by atoms with Gasteiger partial charge < -0.3 is 16.4 Å². The summed E-state index contributed by atoms with van der Waals surface area (Å²) >= 11 is 3.43. The zero-order chi connectivity index (χ0) is 13.2. The Bertz CT molecular complexity index is 452. The van der Waals surface area contributed by atoms with Crippen molar-refractivity contribution >= 4 is 27.5 Å². The van der Waals surface area contributed by atoms with E-state index in [9.17, 15) is 4.79 Å². The Balaban J connectivity index is 2.28. The van der Waals surface area contributed by atoms with Crippen molar-refractivity contribution in [1.82, 2.24) is 5.32 Å². The van der Waals surface area contributed by atoms with Crippen LogP contribution in [-0.2, 0) is 4.79 Å². The van der Waals surface area contributed by atoms with Crippen LogP contribution in [0.1, 0.15) is 13.3 Å². The van der Waals surface area contributed by atoms with Crippen LogP contribution in [0.3, 0.4) is 0 Å². The number of hydrogen-bond acceptors (Lipinski definition) is 3. The highest BCUT2D eigenvalue weighted by atomic mass is 79.9. The van der Waals surface area contributed by atoms with Gasteiger partial charge in [-0.2, -0.15) is 0 Å². The molecular weight excluding hydrogens is 294 g/mol. The van der Waals surface area contributed by atoms with Gasteiger partial charge in [-0.3, -0.25) is 4.79 Å². The Morgan fingerprint density at radius 1 is 1.61 bits per heavy atom. The summed E-state index contributed by atoms with van der Waals surface area (Å²) in [5.74, 6) is -0.126. The highest BCUT2D eigenvalue weighted by molar-refractivity contribution is 9.10. The number of primary amides is 1. The number of carbonyl (C=O) groups excluding carboxylic acids is 1. The van der Waals surface area contributed by atoms with E-state index in [0.29, 0.717) is 6.42 Å². The Labute approximate surface area is 115 Å². The molecule has 4 N–H and O–H groups in total. The predicted molar refractivity (Wildman–Crippen MR) is 76.3 cm³/mol. The Hall–Kier alpha value is -1.07. The van der Waals surface area contributed by atoms with Crippen LogP contribution >= 0.6 is 15.9 Å². The molecule has 0 aliphatic carbocycles. The number of amides is 1. The summed E-state index contributed by atoms with van der Waals surface area (Å²) in [6.45, 7) is 3.64. The Kier molecular flexibility index (Phi) is 3.92. The molecule has 0 aromatic heterocycles. The summed E-state index contributed by atoms with van der Waals surface area (Å²) < 4.78 is 0.980. The lowest BCUT2D eigenvalue weighted by molar-refractivity contribution is -0.124. The van der Waals surface area contributed by atoms with Crippen molar-refractivity contribution in [3.05, 3.63) is 28.7 Å². The number of carbonyl (C=O) groups is 1. The van der Waals surface area contributed by atoms with Gasteiger partial charge in [0, 0.05) is 22.6 Å². The molecule has 0 spiro atoms. The molecule has 1 aliphatic heterocycles. The number of hydrogen-bond donors (Lipinski definition) is 3. The van der Waals surface area contributed by atoms with E-state index >= 15 is 0 Å². The normalized spacial score (nSPS) is 27.8. The molecule has 1 amide bonds. The third-order valence-electron chi connectivity index (χ3n) is 3.62. The average molecular weight is 312 g/mol. The number of benzene rings is 1. The van der Waals surface area contributed by atoms with Gasteiger partial charge in [0.1, 0.15) is 5.54 Å². The van der Waals surface area contributed by atoms with Gasteiger partial charge in [0.2, 0.25) is 5.91 Å². The topological polar surface area (TPSA) is 67.2 Å². The molecular formula is C13H18BrN3O. The molecule has 2 unspecified atom stereocenters. The summed E-state index contributed by atoms with van der Waals surface area (Å²) in [6, 6.07) is 7.80. The fourth-order valence-corrected chi connectivity index (χ4v) is 2.86. The van der Waals surface area contributed by atoms with Crippen molar-refractivity contribution in [1.29, 1.82) is 0 Å². The zero-order valence-corrected chi connectivity index (χ0v) is 12.0. The molecule has 0 saturated carbocycles. The molecule has 1 aromatic rings. The molecule has 2 rings (SSSR count). The molecule has 1 aliphatic rings. The van der Waals surface area contributed by atoms with Gasteiger partial charge in [0.05, 0.1) is 0 Å². The van der Waals surface area contributed by atoms with Crippen LogP contribution in [0.4, 0.5) is 5.69 Å². The lowest BCUT2D eigenvalue weighted by Gasteiger charge is -2.41. The van der Waals surface area contributed by atoms with E-state index in [4.69, 9.17) is 5.73 Å². The van der Waals surface area contributed by atoms with E-state index in [1.807, 2.05) is 31.2 Å². The van der Waals surface area contributed by atoms with Crippen molar-refractivity contribution in [2.75, 3.05) is 18.4 Å². The van der Waals surface area contributed by atoms with E-state index in [1.165, 1.54) is 0 Å². The van der Waals surface area contributed by atoms with Gasteiger partial charge in [-0.1, -0.05) is 28.9 Å². The molecule has 1 heterocycles. The summed E-state index contributed by atoms with van der Waals surface area (Å²) in [7, 11) is 0. The number of anilines is 1. The first-order valence-corrected chi connectivity index (χ1v) is 6.88. The first kappa shape index (κ1) is 13.4. The molecule has 18 heavy (non-hydrogen) atoms. The van der Waals surface area contributed by atoms with E-state index in [1.54, 1.807) is 0 Å². The van der Waals surface area contributed by atoms with Crippen LogP contribution in [0.15, 0.2) is 28.7 Å². The summed E-state index contributed by atoms with van der Waals surface area (Å²) in [5, 5.41) is 6.62. The standard InChI is InChI=1S/C13H18BrN3O/c1-9-8-16-6-5-13(9,12(15)18)17-11-4-2-3-10(14)7-11/h2-4,7,9,16-17H,5-6,8H2,1H3,(H2,15,18). The lowest BCUT2D eigenvalue weighted by atomic mass is 9.78. The van der Waals surface area contributed by atoms with Gasteiger partial charge in [0.25, 0.3) is 0 Å². The van der Waals surface area contributed by atoms with Crippen LogP contribution in [0.2, 0.25) is 0 Å². The monoisotopic (exact) mass is 311 g/mol. The fraction of sp³-hybridized carbons (Fsp3) is 0.462. The van der Waals surface area contributed by atoms with E-state index in [0.717, 1.165) is 23.2 Å². The van der Waals surface area contributed by atoms with Crippen molar-refractivity contribution < 1.29 is 4.79 Å². The van der Waals surface area contributed by atoms with Gasteiger partial charge in [-0.15, -0.1) is 0 Å². The summed E-state index contributed by atoms with van der Waals surface area (Å²) in [6.07, 6.45) is 0.704. The molecule has 5 heteroatoms. The van der Waals surface area contributed by atoms with Gasteiger partial charge >= 0.3 is 0 Å². The van der Waals surface area contributed by atoms with Crippen LogP contribution in [0.25, 0.3) is 0 Å². The van der Waals surface area contributed by atoms with E-state index in [-0.39, 0.29) is 11.8 Å². The third kappa shape index (κ3) is 2.52. The van der Waals surface area contributed by atoms with Crippen LogP contribution in [0, 0.1) is 5.92 Å². The molecule has 1 aromatic carbocycles. The van der Waals surface area contributed by atoms with Crippen molar-refractivity contribution in [2.24, 2.45) is 11.7 Å². The van der Waals surface area contributed by atoms with Crippen molar-refractivity contribution in [2.45, 2.75) is 18.9 Å². The van der Waals surface area contributed by atoms with Crippen molar-refractivity contribution in [3.8, 4) is 0 Å². The predicted octanol–water partition coefficient (Wildman–Crippen LogP) is 1.71. The molecule has 1 saturated heterocycles.